The summed E-state index contributed by atoms with van der Waals surface area (Å²) in [6, 6.07) is 4.80. The number of hydrogen-bond donors (Lipinski definition) is 3. The quantitative estimate of drug-likeness (QED) is 0.207. The Kier molecular flexibility index (Phi) is 7.23. The van der Waals surface area contributed by atoms with Crippen LogP contribution >= 0.6 is 22.6 Å². The number of phenols is 1. The number of phenolic OH excluding ortho intramolecular Hbond substituents is 1. The number of rotatable bonds is 7. The Balaban J connectivity index is 2.90. The van der Waals surface area contributed by atoms with Crippen LogP contribution in [0.1, 0.15) is 16.8 Å². The third kappa shape index (κ3) is 5.38. The second kappa shape index (κ2) is 8.67. The van der Waals surface area contributed by atoms with Gasteiger partial charge >= 0.3 is 0 Å². The predicted octanol–water partition coefficient (Wildman–Crippen LogP) is 1.22. The fraction of sp³-hybridized carbons (Fsp3) is 0.385. The third-order valence-electron chi connectivity index (χ3n) is 2.81. The summed E-state index contributed by atoms with van der Waals surface area (Å²) in [5, 5.41) is 21.3. The number of hydrogen-bond acceptors (Lipinski definition) is 5. The molecule has 0 aliphatic carbocycles. The van der Waals surface area contributed by atoms with Crippen LogP contribution in [0.3, 0.4) is 0 Å². The fourth-order valence-corrected chi connectivity index (χ4v) is 2.16. The summed E-state index contributed by atoms with van der Waals surface area (Å²) >= 11 is 2.07. The maximum atomic E-state index is 12.5. The van der Waals surface area contributed by atoms with Crippen LogP contribution in [-0.2, 0) is 4.74 Å². The Hall–Kier alpha value is -1.55. The average molecular weight is 407 g/mol. The van der Waals surface area contributed by atoms with Gasteiger partial charge in [0, 0.05) is 30.2 Å². The van der Waals surface area contributed by atoms with Crippen LogP contribution in [-0.4, -0.2) is 53.8 Å². The summed E-state index contributed by atoms with van der Waals surface area (Å²) in [7, 11) is 1.54. The monoisotopic (exact) mass is 407 g/mol. The van der Waals surface area contributed by atoms with Gasteiger partial charge in [0.2, 0.25) is 0 Å². The van der Waals surface area contributed by atoms with Gasteiger partial charge in [0.15, 0.2) is 0 Å². The molecular weight excluding hydrogens is 389 g/mol. The normalized spacial score (nSPS) is 11.4. The van der Waals surface area contributed by atoms with Gasteiger partial charge in [-0.1, -0.05) is 5.16 Å². The van der Waals surface area contributed by atoms with E-state index >= 15 is 0 Å². The Morgan fingerprint density at radius 3 is 2.81 bits per heavy atom. The number of amides is 1. The smallest absolute Gasteiger partial charge is 0.257 e. The highest BCUT2D eigenvalue weighted by atomic mass is 127. The van der Waals surface area contributed by atoms with E-state index in [2.05, 4.69) is 27.7 Å². The van der Waals surface area contributed by atoms with E-state index in [1.54, 1.807) is 12.1 Å². The molecule has 116 valence electrons. The second-order valence-corrected chi connectivity index (χ2v) is 5.53. The lowest BCUT2D eigenvalue weighted by atomic mass is 10.1. The van der Waals surface area contributed by atoms with Crippen molar-refractivity contribution in [1.82, 2.24) is 4.90 Å². The number of methoxy groups -OCH3 is 1. The first-order valence-corrected chi connectivity index (χ1v) is 7.30. The minimum atomic E-state index is -0.325. The Morgan fingerprint density at radius 2 is 2.19 bits per heavy atom. The summed E-state index contributed by atoms with van der Waals surface area (Å²) in [6.07, 6.45) is 0.233. The van der Waals surface area contributed by atoms with Crippen LogP contribution in [0.4, 0.5) is 0 Å². The standard InChI is InChI=1S/C13H18IN3O4/c1-21-7-6-17(5-4-12(15)16-20)13(19)10-8-9(14)2-3-11(10)18/h2-3,8,18,20H,4-7H2,1H3,(H2,15,16). The Morgan fingerprint density at radius 1 is 1.48 bits per heavy atom. The molecule has 8 heteroatoms. The number of nitrogens with zero attached hydrogens (tertiary/aromatic N) is 2. The summed E-state index contributed by atoms with van der Waals surface area (Å²) in [5.41, 5.74) is 5.64. The van der Waals surface area contributed by atoms with E-state index in [0.717, 1.165) is 3.57 Å². The maximum Gasteiger partial charge on any atom is 0.257 e. The Labute approximate surface area is 136 Å². The first-order chi connectivity index (χ1) is 9.99. The van der Waals surface area contributed by atoms with Gasteiger partial charge in [0.25, 0.3) is 5.91 Å². The molecule has 4 N–H and O–H groups in total. The molecule has 1 aromatic rings. The number of halogens is 1. The topological polar surface area (TPSA) is 108 Å². The lowest BCUT2D eigenvalue weighted by Gasteiger charge is -2.22. The molecule has 1 rings (SSSR count). The number of oxime groups is 1. The number of amidine groups is 1. The van der Waals surface area contributed by atoms with Crippen molar-refractivity contribution in [1.29, 1.82) is 0 Å². The molecule has 0 heterocycles. The van der Waals surface area contributed by atoms with E-state index < -0.39 is 0 Å². The van der Waals surface area contributed by atoms with Crippen molar-refractivity contribution in [2.24, 2.45) is 10.9 Å². The molecule has 0 aromatic heterocycles. The summed E-state index contributed by atoms with van der Waals surface area (Å²) < 4.78 is 5.82. The SMILES string of the molecule is COCCN(CC/C(N)=N/O)C(=O)c1cc(I)ccc1O. The molecule has 7 nitrogen and oxygen atoms in total. The number of benzene rings is 1. The summed E-state index contributed by atoms with van der Waals surface area (Å²) in [4.78, 5) is 14.0. The zero-order valence-electron chi connectivity index (χ0n) is 11.6. The first kappa shape index (κ1) is 17.5. The van der Waals surface area contributed by atoms with E-state index in [1.807, 2.05) is 0 Å². The lowest BCUT2D eigenvalue weighted by Crippen LogP contribution is -2.36. The summed E-state index contributed by atoms with van der Waals surface area (Å²) in [6.45, 7) is 0.967. The number of carbonyl (C=O) groups is 1. The molecule has 0 saturated heterocycles. The highest BCUT2D eigenvalue weighted by molar-refractivity contribution is 14.1. The molecule has 0 unspecified atom stereocenters. The molecule has 0 spiro atoms. The van der Waals surface area contributed by atoms with Gasteiger partial charge in [-0.05, 0) is 40.8 Å². The van der Waals surface area contributed by atoms with E-state index in [9.17, 15) is 9.90 Å². The molecule has 1 amide bonds. The fourth-order valence-electron chi connectivity index (χ4n) is 1.67. The number of aromatic hydroxyl groups is 1. The molecule has 0 aliphatic rings. The molecule has 0 saturated carbocycles. The maximum absolute atomic E-state index is 12.5. The van der Waals surface area contributed by atoms with Crippen LogP contribution in [0.2, 0.25) is 0 Å². The van der Waals surface area contributed by atoms with Gasteiger partial charge in [-0.2, -0.15) is 0 Å². The largest absolute Gasteiger partial charge is 0.507 e. The predicted molar refractivity (Wildman–Crippen MR) is 86.6 cm³/mol. The minimum Gasteiger partial charge on any atom is -0.507 e. The zero-order chi connectivity index (χ0) is 15.8. The third-order valence-corrected chi connectivity index (χ3v) is 3.48. The average Bonchev–Trinajstić information content (AvgIpc) is 2.48. The van der Waals surface area contributed by atoms with Crippen molar-refractivity contribution in [3.63, 3.8) is 0 Å². The molecule has 0 radical (unpaired) electrons. The number of ether oxygens (including phenoxy) is 1. The van der Waals surface area contributed by atoms with E-state index in [-0.39, 0.29) is 36.0 Å². The van der Waals surface area contributed by atoms with Gasteiger partial charge in [-0.3, -0.25) is 4.79 Å². The lowest BCUT2D eigenvalue weighted by molar-refractivity contribution is 0.0697. The molecule has 1 aromatic carbocycles. The zero-order valence-corrected chi connectivity index (χ0v) is 13.8. The van der Waals surface area contributed by atoms with Crippen molar-refractivity contribution in [2.45, 2.75) is 6.42 Å². The van der Waals surface area contributed by atoms with Crippen molar-refractivity contribution >= 4 is 34.3 Å². The van der Waals surface area contributed by atoms with E-state index in [0.29, 0.717) is 13.2 Å². The summed E-state index contributed by atoms with van der Waals surface area (Å²) in [5.74, 6) is -0.363. The highest BCUT2D eigenvalue weighted by Gasteiger charge is 2.19. The molecule has 0 bridgehead atoms. The van der Waals surface area contributed by atoms with Gasteiger partial charge in [-0.15, -0.1) is 0 Å². The number of nitrogens with two attached hydrogens (primary N) is 1. The van der Waals surface area contributed by atoms with E-state index in [4.69, 9.17) is 15.7 Å². The van der Waals surface area contributed by atoms with E-state index in [1.165, 1.54) is 18.1 Å². The van der Waals surface area contributed by atoms with Crippen LogP contribution in [0.25, 0.3) is 0 Å². The molecule has 21 heavy (non-hydrogen) atoms. The van der Waals surface area contributed by atoms with Crippen LogP contribution < -0.4 is 5.73 Å². The van der Waals surface area contributed by atoms with Crippen LogP contribution in [0, 0.1) is 3.57 Å². The van der Waals surface area contributed by atoms with Gasteiger partial charge < -0.3 is 25.7 Å². The van der Waals surface area contributed by atoms with Crippen LogP contribution in [0.5, 0.6) is 5.75 Å². The van der Waals surface area contributed by atoms with Crippen molar-refractivity contribution in [3.8, 4) is 5.75 Å². The van der Waals surface area contributed by atoms with Crippen molar-refractivity contribution < 1.29 is 19.8 Å². The highest BCUT2D eigenvalue weighted by Crippen LogP contribution is 2.21. The Bertz CT molecular complexity index is 522. The first-order valence-electron chi connectivity index (χ1n) is 6.22. The number of carbonyl (C=O) groups excluding carboxylic acids is 1. The van der Waals surface area contributed by atoms with Gasteiger partial charge in [-0.25, -0.2) is 0 Å². The molecular formula is C13H18IN3O4. The van der Waals surface area contributed by atoms with Crippen LogP contribution in [0.15, 0.2) is 23.4 Å². The van der Waals surface area contributed by atoms with Gasteiger partial charge in [0.1, 0.15) is 11.6 Å². The molecule has 0 fully saturated rings. The second-order valence-electron chi connectivity index (χ2n) is 4.29. The minimum absolute atomic E-state index is 0.0390. The molecule has 0 atom stereocenters. The van der Waals surface area contributed by atoms with Gasteiger partial charge in [0.05, 0.1) is 12.2 Å². The van der Waals surface area contributed by atoms with Crippen molar-refractivity contribution in [3.05, 3.63) is 27.3 Å². The van der Waals surface area contributed by atoms with Crippen molar-refractivity contribution in [2.75, 3.05) is 26.8 Å². The molecule has 0 aliphatic heterocycles.